The summed E-state index contributed by atoms with van der Waals surface area (Å²) in [6.07, 6.45) is 4.25. The van der Waals surface area contributed by atoms with Gasteiger partial charge in [0.2, 0.25) is 0 Å². The van der Waals surface area contributed by atoms with Gasteiger partial charge in [0.05, 0.1) is 12.6 Å². The minimum absolute atomic E-state index is 1.16. The van der Waals surface area contributed by atoms with Crippen molar-refractivity contribution in [3.8, 4) is 28.2 Å². The van der Waals surface area contributed by atoms with Crippen LogP contribution in [0.25, 0.3) is 39.0 Å². The summed E-state index contributed by atoms with van der Waals surface area (Å²) in [5.41, 5.74) is 6.18. The molecule has 4 aromatic carbocycles. The molecule has 2 nitrogen and oxygen atoms in total. The second kappa shape index (κ2) is 7.06. The van der Waals surface area contributed by atoms with Crippen LogP contribution in [0.2, 0.25) is 0 Å². The largest absolute Gasteiger partial charge is 0.294 e. The predicted octanol–water partition coefficient (Wildman–Crippen LogP) is 6.10. The molecule has 0 N–H and O–H groups in total. The van der Waals surface area contributed by atoms with Crippen molar-refractivity contribution in [1.82, 2.24) is 4.57 Å². The van der Waals surface area contributed by atoms with Crippen molar-refractivity contribution in [1.29, 1.82) is 0 Å². The molecule has 1 heterocycles. The molecule has 0 radical (unpaired) electrons. The van der Waals surface area contributed by atoms with Crippen LogP contribution in [0.15, 0.2) is 103 Å². The zero-order valence-corrected chi connectivity index (χ0v) is 16.7. The van der Waals surface area contributed by atoms with Crippen LogP contribution in [0.5, 0.6) is 0 Å². The van der Waals surface area contributed by atoms with Gasteiger partial charge in [0.25, 0.3) is 5.82 Å². The maximum atomic E-state index is 2.33. The molecule has 0 spiro atoms. The first kappa shape index (κ1) is 17.4. The normalized spacial score (nSPS) is 11.1. The third kappa shape index (κ3) is 3.03. The van der Waals surface area contributed by atoms with Gasteiger partial charge in [-0.1, -0.05) is 72.8 Å². The van der Waals surface area contributed by atoms with E-state index in [0.717, 1.165) is 5.69 Å². The quantitative estimate of drug-likeness (QED) is 0.337. The molecule has 0 aliphatic rings. The molecule has 0 fully saturated rings. The molecular formula is C27H23N2+. The van der Waals surface area contributed by atoms with Gasteiger partial charge in [0, 0.05) is 0 Å². The molecule has 140 valence electrons. The van der Waals surface area contributed by atoms with Crippen LogP contribution in [-0.4, -0.2) is 4.57 Å². The van der Waals surface area contributed by atoms with Crippen LogP contribution in [0, 0.1) is 6.92 Å². The summed E-state index contributed by atoms with van der Waals surface area (Å²) >= 11 is 0. The summed E-state index contributed by atoms with van der Waals surface area (Å²) in [7, 11) is 2.11. The van der Waals surface area contributed by atoms with Crippen molar-refractivity contribution in [3.63, 3.8) is 0 Å². The van der Waals surface area contributed by atoms with Gasteiger partial charge in [-0.2, -0.15) is 4.57 Å². The number of para-hydroxylation sites is 1. The SMILES string of the molecule is Cc1ccc(-c2cccc3ccccc23)cc1-c1n(-c2ccccc2)cc[n+]1C. The molecule has 0 unspecified atom stereocenters. The summed E-state index contributed by atoms with van der Waals surface area (Å²) in [5.74, 6) is 1.18. The van der Waals surface area contributed by atoms with E-state index in [0.29, 0.717) is 0 Å². The van der Waals surface area contributed by atoms with Gasteiger partial charge in [-0.25, -0.2) is 4.57 Å². The minimum Gasteiger partial charge on any atom is -0.232 e. The first-order chi connectivity index (χ1) is 14.2. The number of fused-ring (bicyclic) bond motifs is 1. The van der Waals surface area contributed by atoms with Gasteiger partial charge in [-0.3, -0.25) is 0 Å². The molecule has 0 saturated heterocycles. The van der Waals surface area contributed by atoms with E-state index in [4.69, 9.17) is 0 Å². The topological polar surface area (TPSA) is 8.81 Å². The number of nitrogens with zero attached hydrogens (tertiary/aromatic N) is 2. The van der Waals surface area contributed by atoms with E-state index in [-0.39, 0.29) is 0 Å². The van der Waals surface area contributed by atoms with Crippen LogP contribution >= 0.6 is 0 Å². The first-order valence-corrected chi connectivity index (χ1v) is 9.94. The Morgan fingerprint density at radius 2 is 1.48 bits per heavy atom. The number of benzene rings is 4. The Morgan fingerprint density at radius 3 is 2.34 bits per heavy atom. The lowest BCUT2D eigenvalue weighted by atomic mass is 9.95. The van der Waals surface area contributed by atoms with E-state index in [9.17, 15) is 0 Å². The molecule has 0 saturated carbocycles. The van der Waals surface area contributed by atoms with E-state index in [1.165, 1.54) is 38.9 Å². The second-order valence-electron chi connectivity index (χ2n) is 7.49. The van der Waals surface area contributed by atoms with Crippen molar-refractivity contribution in [2.45, 2.75) is 6.92 Å². The Morgan fingerprint density at radius 1 is 0.724 bits per heavy atom. The van der Waals surface area contributed by atoms with Crippen molar-refractivity contribution in [2.24, 2.45) is 7.05 Å². The monoisotopic (exact) mass is 375 g/mol. The molecule has 0 amide bonds. The zero-order chi connectivity index (χ0) is 19.8. The second-order valence-corrected chi connectivity index (χ2v) is 7.49. The number of hydrogen-bond acceptors (Lipinski definition) is 0. The minimum atomic E-state index is 1.16. The average Bonchev–Trinajstić information content (AvgIpc) is 3.15. The highest BCUT2D eigenvalue weighted by Crippen LogP contribution is 2.33. The molecule has 0 aliphatic carbocycles. The van der Waals surface area contributed by atoms with E-state index in [1.54, 1.807) is 0 Å². The summed E-state index contributed by atoms with van der Waals surface area (Å²) in [6, 6.07) is 32.4. The molecular weight excluding hydrogens is 352 g/mol. The van der Waals surface area contributed by atoms with Crippen LogP contribution in [0.4, 0.5) is 0 Å². The Kier molecular flexibility index (Phi) is 4.25. The Labute approximate surface area is 171 Å². The summed E-state index contributed by atoms with van der Waals surface area (Å²) in [5, 5.41) is 2.55. The standard InChI is InChI=1S/C27H23N2/c1-20-15-16-22(25-14-8-10-21-9-6-7-13-24(21)25)19-26(20)27-28(2)17-18-29(27)23-11-4-3-5-12-23/h3-19H,1-2H3/q+1. The smallest absolute Gasteiger partial charge is 0.232 e. The van der Waals surface area contributed by atoms with E-state index >= 15 is 0 Å². The Bertz CT molecular complexity index is 1310. The highest BCUT2D eigenvalue weighted by molar-refractivity contribution is 5.97. The summed E-state index contributed by atoms with van der Waals surface area (Å²) in [6.45, 7) is 2.19. The van der Waals surface area contributed by atoms with Crippen molar-refractivity contribution in [3.05, 3.63) is 109 Å². The van der Waals surface area contributed by atoms with Gasteiger partial charge in [0.15, 0.2) is 0 Å². The lowest BCUT2D eigenvalue weighted by Crippen LogP contribution is -2.29. The number of aryl methyl sites for hydroxylation is 2. The maximum Gasteiger partial charge on any atom is 0.294 e. The van der Waals surface area contributed by atoms with Crippen molar-refractivity contribution in [2.75, 3.05) is 0 Å². The predicted molar refractivity (Wildman–Crippen MR) is 120 cm³/mol. The van der Waals surface area contributed by atoms with Crippen LogP contribution in [-0.2, 0) is 7.05 Å². The van der Waals surface area contributed by atoms with Crippen molar-refractivity contribution < 1.29 is 4.57 Å². The van der Waals surface area contributed by atoms with Gasteiger partial charge < -0.3 is 0 Å². The lowest BCUT2D eigenvalue weighted by Gasteiger charge is -2.11. The van der Waals surface area contributed by atoms with Crippen LogP contribution in [0.3, 0.4) is 0 Å². The molecule has 0 bridgehead atoms. The van der Waals surface area contributed by atoms with Gasteiger partial charge >= 0.3 is 0 Å². The maximum absolute atomic E-state index is 2.33. The van der Waals surface area contributed by atoms with Gasteiger partial charge in [0.1, 0.15) is 18.1 Å². The molecule has 1 aromatic heterocycles. The third-order valence-corrected chi connectivity index (χ3v) is 5.62. The summed E-state index contributed by atoms with van der Waals surface area (Å²) in [4.78, 5) is 0. The number of rotatable bonds is 3. The first-order valence-electron chi connectivity index (χ1n) is 9.94. The average molecular weight is 375 g/mol. The fourth-order valence-electron chi connectivity index (χ4n) is 4.10. The molecule has 0 aliphatic heterocycles. The number of imidazole rings is 1. The Hall–Kier alpha value is -3.65. The van der Waals surface area contributed by atoms with Gasteiger partial charge in [-0.05, 0) is 52.6 Å². The lowest BCUT2D eigenvalue weighted by molar-refractivity contribution is -0.659. The molecule has 29 heavy (non-hydrogen) atoms. The van der Waals surface area contributed by atoms with Crippen molar-refractivity contribution >= 4 is 10.8 Å². The third-order valence-electron chi connectivity index (χ3n) is 5.62. The number of hydrogen-bond donors (Lipinski definition) is 0. The zero-order valence-electron chi connectivity index (χ0n) is 16.7. The molecule has 2 heteroatoms. The molecule has 0 atom stereocenters. The Balaban J connectivity index is 1.72. The van der Waals surface area contributed by atoms with E-state index in [1.807, 2.05) is 0 Å². The summed E-state index contributed by atoms with van der Waals surface area (Å²) < 4.78 is 4.46. The highest BCUT2D eigenvalue weighted by atomic mass is 15.1. The number of aromatic nitrogens is 2. The fourth-order valence-corrected chi connectivity index (χ4v) is 4.10. The van der Waals surface area contributed by atoms with Crippen LogP contribution in [0.1, 0.15) is 5.56 Å². The molecule has 5 aromatic rings. The van der Waals surface area contributed by atoms with E-state index < -0.39 is 0 Å². The molecule has 5 rings (SSSR count). The van der Waals surface area contributed by atoms with E-state index in [2.05, 4.69) is 126 Å². The fraction of sp³-hybridized carbons (Fsp3) is 0.0741. The van der Waals surface area contributed by atoms with Gasteiger partial charge in [-0.15, -0.1) is 0 Å². The highest BCUT2D eigenvalue weighted by Gasteiger charge is 2.21. The van der Waals surface area contributed by atoms with Crippen LogP contribution < -0.4 is 4.57 Å².